The molecule has 1 heterocycles. The molecule has 0 saturated carbocycles. The molecule has 2 rings (SSSR count). The number of benzene rings is 1. The van der Waals surface area contributed by atoms with Crippen LogP contribution < -0.4 is 10.6 Å². The van der Waals surface area contributed by atoms with Crippen molar-refractivity contribution in [3.8, 4) is 0 Å². The molecule has 0 radical (unpaired) electrons. The lowest BCUT2D eigenvalue weighted by Crippen LogP contribution is -2.38. The second-order valence-corrected chi connectivity index (χ2v) is 6.36. The molecule has 0 unspecified atom stereocenters. The summed E-state index contributed by atoms with van der Waals surface area (Å²) in [5.74, 6) is 0.584. The lowest BCUT2D eigenvalue weighted by atomic mass is 10.1. The maximum absolute atomic E-state index is 12.8. The average molecular weight is 387 g/mol. The average Bonchev–Trinajstić information content (AvgIpc) is 2.66. The molecule has 0 aliphatic carbocycles. The number of alkyl halides is 3. The van der Waals surface area contributed by atoms with Crippen molar-refractivity contribution in [3.63, 3.8) is 0 Å². The van der Waals surface area contributed by atoms with Crippen LogP contribution in [0.1, 0.15) is 37.3 Å². The van der Waals surface area contributed by atoms with Gasteiger partial charge in [-0.05, 0) is 43.9 Å². The number of hydrogen-bond acceptors (Lipinski definition) is 3. The van der Waals surface area contributed by atoms with Crippen molar-refractivity contribution in [2.75, 3.05) is 32.9 Å². The van der Waals surface area contributed by atoms with Gasteiger partial charge in [0.1, 0.15) is 0 Å². The first kappa shape index (κ1) is 21.5. The van der Waals surface area contributed by atoms with Crippen LogP contribution in [-0.2, 0) is 22.2 Å². The zero-order valence-electron chi connectivity index (χ0n) is 15.6. The van der Waals surface area contributed by atoms with E-state index >= 15 is 0 Å². The molecule has 1 aromatic carbocycles. The topological polar surface area (TPSA) is 54.9 Å². The Bertz CT molecular complexity index is 588. The Morgan fingerprint density at radius 1 is 1.26 bits per heavy atom. The van der Waals surface area contributed by atoms with Gasteiger partial charge in [0.05, 0.1) is 18.2 Å². The van der Waals surface area contributed by atoms with Crippen molar-refractivity contribution in [1.29, 1.82) is 0 Å². The van der Waals surface area contributed by atoms with Gasteiger partial charge in [0, 0.05) is 32.9 Å². The highest BCUT2D eigenvalue weighted by Crippen LogP contribution is 2.29. The highest BCUT2D eigenvalue weighted by Gasteiger charge is 2.30. The Hall–Kier alpha value is -1.80. The monoisotopic (exact) mass is 387 g/mol. The van der Waals surface area contributed by atoms with Crippen molar-refractivity contribution in [2.45, 2.75) is 45.0 Å². The third-order valence-electron chi connectivity index (χ3n) is 4.15. The number of rotatable bonds is 8. The summed E-state index contributed by atoms with van der Waals surface area (Å²) < 4.78 is 49.5. The molecule has 5 nitrogen and oxygen atoms in total. The molecule has 0 aromatic heterocycles. The summed E-state index contributed by atoms with van der Waals surface area (Å²) in [6.45, 7) is 5.65. The van der Waals surface area contributed by atoms with Crippen LogP contribution in [0.5, 0.6) is 0 Å². The maximum atomic E-state index is 12.8. The number of halogens is 3. The minimum atomic E-state index is -4.34. The molecule has 1 aromatic rings. The Kier molecular flexibility index (Phi) is 8.87. The number of ether oxygens (including phenoxy) is 2. The van der Waals surface area contributed by atoms with Crippen molar-refractivity contribution in [1.82, 2.24) is 10.6 Å². The first-order chi connectivity index (χ1) is 13.0. The van der Waals surface area contributed by atoms with E-state index in [1.807, 2.05) is 6.92 Å². The van der Waals surface area contributed by atoms with Crippen molar-refractivity contribution < 1.29 is 22.6 Å². The van der Waals surface area contributed by atoms with E-state index in [1.54, 1.807) is 6.07 Å². The predicted molar refractivity (Wildman–Crippen MR) is 98.7 cm³/mol. The predicted octanol–water partition coefficient (Wildman–Crippen LogP) is 3.35. The molecular weight excluding hydrogens is 359 g/mol. The molecule has 152 valence electrons. The molecule has 1 fully saturated rings. The molecule has 0 atom stereocenters. The standard InChI is InChI=1S/C19H28F3N3O2/c1-2-23-18(24-9-4-10-27-17-7-11-26-12-8-17)25-14-15-5-3-6-16(13-15)19(20,21)22/h3,5-6,13,17H,2,4,7-12,14H2,1H3,(H2,23,24,25). The summed E-state index contributed by atoms with van der Waals surface area (Å²) in [6.07, 6.45) is -1.36. The highest BCUT2D eigenvalue weighted by atomic mass is 19.4. The van der Waals surface area contributed by atoms with Crippen molar-refractivity contribution in [3.05, 3.63) is 35.4 Å². The van der Waals surface area contributed by atoms with Gasteiger partial charge in [0.25, 0.3) is 0 Å². The summed E-state index contributed by atoms with van der Waals surface area (Å²) in [4.78, 5) is 4.36. The first-order valence-electron chi connectivity index (χ1n) is 9.36. The highest BCUT2D eigenvalue weighted by molar-refractivity contribution is 5.79. The van der Waals surface area contributed by atoms with Crippen LogP contribution in [0, 0.1) is 0 Å². The lowest BCUT2D eigenvalue weighted by molar-refractivity contribution is -0.137. The second kappa shape index (κ2) is 11.1. The molecule has 1 aliphatic heterocycles. The van der Waals surface area contributed by atoms with E-state index in [4.69, 9.17) is 9.47 Å². The van der Waals surface area contributed by atoms with Crippen LogP contribution in [0.15, 0.2) is 29.3 Å². The molecule has 1 aliphatic rings. The van der Waals surface area contributed by atoms with E-state index in [0.29, 0.717) is 31.2 Å². The largest absolute Gasteiger partial charge is 0.416 e. The maximum Gasteiger partial charge on any atom is 0.416 e. The Balaban J connectivity index is 1.76. The molecule has 1 saturated heterocycles. The zero-order valence-corrected chi connectivity index (χ0v) is 15.6. The number of nitrogens with one attached hydrogen (secondary N) is 2. The van der Waals surface area contributed by atoms with Crippen molar-refractivity contribution >= 4 is 5.96 Å². The van der Waals surface area contributed by atoms with E-state index in [0.717, 1.165) is 44.6 Å². The first-order valence-corrected chi connectivity index (χ1v) is 9.36. The third-order valence-corrected chi connectivity index (χ3v) is 4.15. The molecule has 0 amide bonds. The minimum absolute atomic E-state index is 0.178. The molecule has 8 heteroatoms. The normalized spacial score (nSPS) is 16.4. The number of nitrogens with zero attached hydrogens (tertiary/aromatic N) is 1. The third kappa shape index (κ3) is 8.17. The summed E-state index contributed by atoms with van der Waals surface area (Å²) >= 11 is 0. The molecule has 2 N–H and O–H groups in total. The van der Waals surface area contributed by atoms with Crippen molar-refractivity contribution in [2.24, 2.45) is 4.99 Å². The van der Waals surface area contributed by atoms with Gasteiger partial charge in [-0.25, -0.2) is 4.99 Å². The fourth-order valence-electron chi connectivity index (χ4n) is 2.73. The van der Waals surface area contributed by atoms with Gasteiger partial charge in [-0.15, -0.1) is 0 Å². The summed E-state index contributed by atoms with van der Waals surface area (Å²) in [5, 5.41) is 6.28. The SMILES string of the molecule is CCNC(=NCc1cccc(C(F)(F)F)c1)NCCCOC1CCOCC1. The van der Waals surface area contributed by atoms with Gasteiger partial charge in [-0.1, -0.05) is 12.1 Å². The van der Waals surface area contributed by atoms with Gasteiger partial charge in [-0.2, -0.15) is 13.2 Å². The van der Waals surface area contributed by atoms with E-state index in [1.165, 1.54) is 6.07 Å². The summed E-state index contributed by atoms with van der Waals surface area (Å²) in [6, 6.07) is 5.25. The second-order valence-electron chi connectivity index (χ2n) is 6.36. The number of guanidine groups is 1. The Labute approximate surface area is 158 Å². The molecule has 27 heavy (non-hydrogen) atoms. The minimum Gasteiger partial charge on any atom is -0.381 e. The zero-order chi connectivity index (χ0) is 19.5. The quantitative estimate of drug-likeness (QED) is 0.408. The Morgan fingerprint density at radius 2 is 2.04 bits per heavy atom. The van der Waals surface area contributed by atoms with Crippen LogP contribution in [-0.4, -0.2) is 45.0 Å². The van der Waals surface area contributed by atoms with E-state index in [9.17, 15) is 13.2 Å². The van der Waals surface area contributed by atoms with Crippen LogP contribution in [0.2, 0.25) is 0 Å². The van der Waals surface area contributed by atoms with Gasteiger partial charge in [0.2, 0.25) is 0 Å². The fraction of sp³-hybridized carbons (Fsp3) is 0.632. The van der Waals surface area contributed by atoms with Gasteiger partial charge >= 0.3 is 6.18 Å². The summed E-state index contributed by atoms with van der Waals surface area (Å²) in [7, 11) is 0. The molecule has 0 spiro atoms. The molecular formula is C19H28F3N3O2. The number of hydrogen-bond donors (Lipinski definition) is 2. The number of aliphatic imine (C=N–C) groups is 1. The van der Waals surface area contributed by atoms with E-state index < -0.39 is 11.7 Å². The Morgan fingerprint density at radius 3 is 2.74 bits per heavy atom. The smallest absolute Gasteiger partial charge is 0.381 e. The fourth-order valence-corrected chi connectivity index (χ4v) is 2.73. The van der Waals surface area contributed by atoms with Crippen LogP contribution in [0.4, 0.5) is 13.2 Å². The van der Waals surface area contributed by atoms with Crippen LogP contribution in [0.3, 0.4) is 0 Å². The van der Waals surface area contributed by atoms with Gasteiger partial charge in [0.15, 0.2) is 5.96 Å². The van der Waals surface area contributed by atoms with E-state index in [-0.39, 0.29) is 12.6 Å². The lowest BCUT2D eigenvalue weighted by Gasteiger charge is -2.22. The summed E-state index contributed by atoms with van der Waals surface area (Å²) in [5.41, 5.74) is -0.136. The van der Waals surface area contributed by atoms with Gasteiger partial charge < -0.3 is 20.1 Å². The van der Waals surface area contributed by atoms with E-state index in [2.05, 4.69) is 15.6 Å². The van der Waals surface area contributed by atoms with Crippen LogP contribution >= 0.6 is 0 Å². The van der Waals surface area contributed by atoms with Gasteiger partial charge in [-0.3, -0.25) is 0 Å². The van der Waals surface area contributed by atoms with Crippen LogP contribution in [0.25, 0.3) is 0 Å². The molecule has 0 bridgehead atoms.